The lowest BCUT2D eigenvalue weighted by molar-refractivity contribution is 0.0750. The SMILES string of the molecule is COCCN(CC(C)C)C(C)C(=O)c1ccc(Br)cc1. The summed E-state index contributed by atoms with van der Waals surface area (Å²) in [6.07, 6.45) is 0. The van der Waals surface area contributed by atoms with Crippen molar-refractivity contribution < 1.29 is 9.53 Å². The highest BCUT2D eigenvalue weighted by Crippen LogP contribution is 2.15. The molecule has 0 aliphatic heterocycles. The van der Waals surface area contributed by atoms with Gasteiger partial charge < -0.3 is 4.74 Å². The molecule has 1 atom stereocenters. The zero-order chi connectivity index (χ0) is 15.1. The van der Waals surface area contributed by atoms with Crippen molar-refractivity contribution in [3.63, 3.8) is 0 Å². The van der Waals surface area contributed by atoms with Gasteiger partial charge in [0.15, 0.2) is 5.78 Å². The molecule has 1 aromatic carbocycles. The number of ether oxygens (including phenoxy) is 1. The molecule has 0 aromatic heterocycles. The molecule has 0 heterocycles. The predicted octanol–water partition coefficient (Wildman–Crippen LogP) is 3.62. The van der Waals surface area contributed by atoms with E-state index in [4.69, 9.17) is 4.74 Å². The number of hydrogen-bond donors (Lipinski definition) is 0. The second kappa shape index (κ2) is 8.55. The van der Waals surface area contributed by atoms with Crippen molar-refractivity contribution >= 4 is 21.7 Å². The molecule has 0 saturated heterocycles. The first-order valence-corrected chi connectivity index (χ1v) is 7.77. The van der Waals surface area contributed by atoms with Gasteiger partial charge >= 0.3 is 0 Å². The van der Waals surface area contributed by atoms with Crippen LogP contribution in [0.15, 0.2) is 28.7 Å². The molecule has 0 aliphatic carbocycles. The molecule has 1 rings (SSSR count). The quantitative estimate of drug-likeness (QED) is 0.676. The zero-order valence-electron chi connectivity index (χ0n) is 12.7. The van der Waals surface area contributed by atoms with Crippen LogP contribution in [0, 0.1) is 5.92 Å². The van der Waals surface area contributed by atoms with E-state index in [1.807, 2.05) is 31.2 Å². The maximum Gasteiger partial charge on any atom is 0.179 e. The number of ketones is 1. The van der Waals surface area contributed by atoms with E-state index in [1.165, 1.54) is 0 Å². The van der Waals surface area contributed by atoms with E-state index in [9.17, 15) is 4.79 Å². The summed E-state index contributed by atoms with van der Waals surface area (Å²) in [5.41, 5.74) is 0.756. The third-order valence-corrected chi connectivity index (χ3v) is 3.77. The Balaban J connectivity index is 2.78. The number of hydrogen-bond acceptors (Lipinski definition) is 3. The molecular formula is C16H24BrNO2. The number of carbonyl (C=O) groups excluding carboxylic acids is 1. The number of carbonyl (C=O) groups is 1. The van der Waals surface area contributed by atoms with Gasteiger partial charge in [-0.25, -0.2) is 0 Å². The minimum atomic E-state index is -0.131. The molecule has 0 spiro atoms. The molecule has 0 N–H and O–H groups in total. The molecule has 112 valence electrons. The number of Topliss-reactive ketones (excluding diaryl/α,β-unsaturated/α-hetero) is 1. The number of nitrogens with zero attached hydrogens (tertiary/aromatic N) is 1. The molecule has 20 heavy (non-hydrogen) atoms. The van der Waals surface area contributed by atoms with Crippen LogP contribution in [0.3, 0.4) is 0 Å². The van der Waals surface area contributed by atoms with Crippen LogP contribution in [0.4, 0.5) is 0 Å². The summed E-state index contributed by atoms with van der Waals surface area (Å²) in [6, 6.07) is 7.41. The standard InChI is InChI=1S/C16H24BrNO2/c1-12(2)11-18(9-10-20-4)13(3)16(19)14-5-7-15(17)8-6-14/h5-8,12-13H,9-11H2,1-4H3. The number of halogens is 1. The Morgan fingerprint density at radius 1 is 1.25 bits per heavy atom. The fourth-order valence-corrected chi connectivity index (χ4v) is 2.41. The largest absolute Gasteiger partial charge is 0.383 e. The van der Waals surface area contributed by atoms with Gasteiger partial charge in [0.2, 0.25) is 0 Å². The van der Waals surface area contributed by atoms with Crippen molar-refractivity contribution in [3.8, 4) is 0 Å². The first-order valence-electron chi connectivity index (χ1n) is 6.98. The average molecular weight is 342 g/mol. The summed E-state index contributed by atoms with van der Waals surface area (Å²) in [5.74, 6) is 0.682. The van der Waals surface area contributed by atoms with Gasteiger partial charge in [-0.2, -0.15) is 0 Å². The normalized spacial score (nSPS) is 12.9. The summed E-state index contributed by atoms with van der Waals surface area (Å²) in [7, 11) is 1.69. The first-order chi connectivity index (χ1) is 9.45. The van der Waals surface area contributed by atoms with E-state index in [-0.39, 0.29) is 11.8 Å². The monoisotopic (exact) mass is 341 g/mol. The first kappa shape index (κ1) is 17.3. The van der Waals surface area contributed by atoms with Gasteiger partial charge in [-0.3, -0.25) is 9.69 Å². The summed E-state index contributed by atoms with van der Waals surface area (Å²) in [5, 5.41) is 0. The smallest absolute Gasteiger partial charge is 0.179 e. The molecule has 0 aliphatic rings. The molecule has 0 radical (unpaired) electrons. The van der Waals surface area contributed by atoms with E-state index in [0.717, 1.165) is 23.1 Å². The maximum atomic E-state index is 12.5. The molecule has 4 heteroatoms. The van der Waals surface area contributed by atoms with Gasteiger partial charge in [0.1, 0.15) is 0 Å². The Kier molecular flexibility index (Phi) is 7.41. The number of benzene rings is 1. The van der Waals surface area contributed by atoms with E-state index < -0.39 is 0 Å². The minimum absolute atomic E-state index is 0.131. The Labute approximate surface area is 130 Å². The van der Waals surface area contributed by atoms with Crippen LogP contribution in [-0.4, -0.2) is 43.5 Å². The van der Waals surface area contributed by atoms with Gasteiger partial charge in [0, 0.05) is 30.2 Å². The highest BCUT2D eigenvalue weighted by Gasteiger charge is 2.22. The van der Waals surface area contributed by atoms with Crippen LogP contribution in [0.5, 0.6) is 0 Å². The van der Waals surface area contributed by atoms with Crippen LogP contribution in [0.1, 0.15) is 31.1 Å². The van der Waals surface area contributed by atoms with Crippen molar-refractivity contribution in [2.75, 3.05) is 26.8 Å². The third kappa shape index (κ3) is 5.35. The number of rotatable bonds is 8. The van der Waals surface area contributed by atoms with Crippen LogP contribution in [0.2, 0.25) is 0 Å². The topological polar surface area (TPSA) is 29.5 Å². The lowest BCUT2D eigenvalue weighted by atomic mass is 10.0. The van der Waals surface area contributed by atoms with Crippen molar-refractivity contribution in [2.24, 2.45) is 5.92 Å². The van der Waals surface area contributed by atoms with Crippen molar-refractivity contribution in [1.82, 2.24) is 4.90 Å². The minimum Gasteiger partial charge on any atom is -0.383 e. The molecule has 0 saturated carbocycles. The average Bonchev–Trinajstić information content (AvgIpc) is 2.42. The summed E-state index contributed by atoms with van der Waals surface area (Å²) >= 11 is 3.39. The fraction of sp³-hybridized carbons (Fsp3) is 0.562. The van der Waals surface area contributed by atoms with Crippen LogP contribution < -0.4 is 0 Å². The Hall–Kier alpha value is -0.710. The van der Waals surface area contributed by atoms with E-state index in [1.54, 1.807) is 7.11 Å². The van der Waals surface area contributed by atoms with Crippen LogP contribution >= 0.6 is 15.9 Å². The Morgan fingerprint density at radius 2 is 1.85 bits per heavy atom. The Bertz CT molecular complexity index is 417. The van der Waals surface area contributed by atoms with E-state index in [0.29, 0.717) is 12.5 Å². The zero-order valence-corrected chi connectivity index (χ0v) is 14.3. The van der Waals surface area contributed by atoms with Crippen LogP contribution in [0.25, 0.3) is 0 Å². The van der Waals surface area contributed by atoms with Gasteiger partial charge in [0.05, 0.1) is 12.6 Å². The highest BCUT2D eigenvalue weighted by molar-refractivity contribution is 9.10. The summed E-state index contributed by atoms with van der Waals surface area (Å²) < 4.78 is 6.13. The maximum absolute atomic E-state index is 12.5. The summed E-state index contributed by atoms with van der Waals surface area (Å²) in [4.78, 5) is 14.7. The lowest BCUT2D eigenvalue weighted by Crippen LogP contribution is -2.43. The molecular weight excluding hydrogens is 318 g/mol. The van der Waals surface area contributed by atoms with Crippen molar-refractivity contribution in [1.29, 1.82) is 0 Å². The van der Waals surface area contributed by atoms with Gasteiger partial charge in [0.25, 0.3) is 0 Å². The molecule has 1 unspecified atom stereocenters. The second-order valence-electron chi connectivity index (χ2n) is 5.43. The predicted molar refractivity (Wildman–Crippen MR) is 86.2 cm³/mol. The van der Waals surface area contributed by atoms with Gasteiger partial charge in [-0.15, -0.1) is 0 Å². The molecule has 3 nitrogen and oxygen atoms in total. The molecule has 0 bridgehead atoms. The van der Waals surface area contributed by atoms with Gasteiger partial charge in [-0.05, 0) is 25.0 Å². The van der Waals surface area contributed by atoms with Crippen molar-refractivity contribution in [2.45, 2.75) is 26.8 Å². The van der Waals surface area contributed by atoms with E-state index in [2.05, 4.69) is 34.7 Å². The summed E-state index contributed by atoms with van der Waals surface area (Å²) in [6.45, 7) is 8.62. The second-order valence-corrected chi connectivity index (χ2v) is 6.34. The highest BCUT2D eigenvalue weighted by atomic mass is 79.9. The fourth-order valence-electron chi connectivity index (χ4n) is 2.14. The van der Waals surface area contributed by atoms with Crippen LogP contribution in [-0.2, 0) is 4.74 Å². The Morgan fingerprint density at radius 3 is 2.35 bits per heavy atom. The molecule has 1 aromatic rings. The third-order valence-electron chi connectivity index (χ3n) is 3.24. The van der Waals surface area contributed by atoms with Crippen molar-refractivity contribution in [3.05, 3.63) is 34.3 Å². The molecule has 0 fully saturated rings. The van der Waals surface area contributed by atoms with Gasteiger partial charge in [-0.1, -0.05) is 41.9 Å². The lowest BCUT2D eigenvalue weighted by Gasteiger charge is -2.29. The molecule has 0 amide bonds. The van der Waals surface area contributed by atoms with E-state index >= 15 is 0 Å². The number of methoxy groups -OCH3 is 1.